The molecule has 0 aromatic carbocycles. The topological polar surface area (TPSA) is 17.1 Å². The molecule has 128 valence electrons. The van der Waals surface area contributed by atoms with E-state index < -0.39 is 0 Å². The smallest absolute Gasteiger partial charge is 0.313 e. The predicted molar refractivity (Wildman–Crippen MR) is 88.7 cm³/mol. The zero-order chi connectivity index (χ0) is 15.3. The Bertz CT molecular complexity index is 241. The average Bonchev–Trinajstić information content (AvgIpc) is 2.44. The third kappa shape index (κ3) is 13.3. The number of quaternary nitrogens is 1. The average molecular weight is 320 g/mol. The normalized spacial score (nSPS) is 11.2. The van der Waals surface area contributed by atoms with Crippen LogP contribution in [0.25, 0.3) is 0 Å². The summed E-state index contributed by atoms with van der Waals surface area (Å²) < 4.78 is 0.539. The molecular weight excluding hydrogens is 282 g/mol. The van der Waals surface area contributed by atoms with E-state index in [-0.39, 0.29) is 12.4 Å². The second kappa shape index (κ2) is 14.8. The van der Waals surface area contributed by atoms with E-state index in [1.807, 2.05) is 14.1 Å². The lowest BCUT2D eigenvalue weighted by molar-refractivity contribution is -0.812. The van der Waals surface area contributed by atoms with Crippen molar-refractivity contribution in [3.63, 3.8) is 0 Å². The summed E-state index contributed by atoms with van der Waals surface area (Å²) in [6, 6.07) is 0. The number of unbranched alkanes of at least 4 members (excludes halogenated alkanes) is 10. The van der Waals surface area contributed by atoms with Gasteiger partial charge in [-0.25, -0.2) is 4.79 Å². The fourth-order valence-electron chi connectivity index (χ4n) is 2.42. The molecule has 0 saturated heterocycles. The summed E-state index contributed by atoms with van der Waals surface area (Å²) in [6.07, 6.45) is 15.5. The highest BCUT2D eigenvalue weighted by Gasteiger charge is 2.22. The van der Waals surface area contributed by atoms with Crippen LogP contribution >= 0.6 is 0 Å². The van der Waals surface area contributed by atoms with Gasteiger partial charge in [-0.3, -0.25) is 4.48 Å². The Balaban J connectivity index is 0. The first kappa shape index (κ1) is 23.2. The van der Waals surface area contributed by atoms with Gasteiger partial charge in [-0.2, -0.15) is 0 Å². The number of carbonyl (C=O) groups excluding carboxylic acids is 1. The molecule has 0 aromatic rings. The lowest BCUT2D eigenvalue weighted by Crippen LogP contribution is -3.00. The highest BCUT2D eigenvalue weighted by atomic mass is 35.5. The molecule has 0 aliphatic heterocycles. The summed E-state index contributed by atoms with van der Waals surface area (Å²) in [5.41, 5.74) is 0. The minimum atomic E-state index is 0. The predicted octanol–water partition coefficient (Wildman–Crippen LogP) is 2.31. The first-order valence-electron chi connectivity index (χ1n) is 8.91. The Morgan fingerprint density at radius 3 is 1.48 bits per heavy atom. The van der Waals surface area contributed by atoms with Crippen LogP contribution in [-0.4, -0.2) is 31.0 Å². The van der Waals surface area contributed by atoms with Crippen LogP contribution in [0.15, 0.2) is 0 Å². The molecule has 21 heavy (non-hydrogen) atoms. The van der Waals surface area contributed by atoms with Crippen LogP contribution in [0.4, 0.5) is 0 Å². The molecule has 1 amide bonds. The molecule has 0 bridgehead atoms. The van der Waals surface area contributed by atoms with Crippen LogP contribution < -0.4 is 12.4 Å². The third-order valence-electron chi connectivity index (χ3n) is 4.46. The van der Waals surface area contributed by atoms with E-state index in [1.54, 1.807) is 0 Å². The zero-order valence-corrected chi connectivity index (χ0v) is 15.7. The summed E-state index contributed by atoms with van der Waals surface area (Å²) in [5.74, 6) is 0.392. The van der Waals surface area contributed by atoms with Gasteiger partial charge in [0.05, 0.1) is 27.1 Å². The third-order valence-corrected chi connectivity index (χ3v) is 4.46. The summed E-state index contributed by atoms with van der Waals surface area (Å²) in [5, 5.41) is 0. The van der Waals surface area contributed by atoms with E-state index in [0.717, 1.165) is 19.4 Å². The molecule has 0 aliphatic carbocycles. The minimum Gasteiger partial charge on any atom is -1.00 e. The van der Waals surface area contributed by atoms with E-state index in [4.69, 9.17) is 0 Å². The van der Waals surface area contributed by atoms with E-state index in [0.29, 0.717) is 10.4 Å². The van der Waals surface area contributed by atoms with Gasteiger partial charge in [0.2, 0.25) is 0 Å². The molecular formula is C18H38ClNO. The fourth-order valence-corrected chi connectivity index (χ4v) is 2.42. The van der Waals surface area contributed by atoms with Gasteiger partial charge in [0.1, 0.15) is 0 Å². The van der Waals surface area contributed by atoms with Crippen molar-refractivity contribution in [2.75, 3.05) is 20.6 Å². The summed E-state index contributed by atoms with van der Waals surface area (Å²) in [6.45, 7) is 5.25. The monoisotopic (exact) mass is 319 g/mol. The van der Waals surface area contributed by atoms with Crippen LogP contribution in [0.5, 0.6) is 0 Å². The van der Waals surface area contributed by atoms with Gasteiger partial charge >= 0.3 is 5.91 Å². The molecule has 0 aliphatic rings. The van der Waals surface area contributed by atoms with E-state index in [9.17, 15) is 4.79 Å². The second-order valence-corrected chi connectivity index (χ2v) is 6.68. The van der Waals surface area contributed by atoms with Gasteiger partial charge in [-0.1, -0.05) is 71.1 Å². The molecule has 0 fully saturated rings. The molecule has 3 heteroatoms. The quantitative estimate of drug-likeness (QED) is 0.376. The van der Waals surface area contributed by atoms with Crippen molar-refractivity contribution < 1.29 is 21.7 Å². The number of carbonyl (C=O) groups is 1. The molecule has 0 rings (SSSR count). The van der Waals surface area contributed by atoms with Gasteiger partial charge in [0.15, 0.2) is 0 Å². The molecule has 0 unspecified atom stereocenters. The summed E-state index contributed by atoms with van der Waals surface area (Å²) in [4.78, 5) is 11.9. The van der Waals surface area contributed by atoms with Crippen LogP contribution in [-0.2, 0) is 4.79 Å². The van der Waals surface area contributed by atoms with Crippen molar-refractivity contribution in [2.45, 2.75) is 90.9 Å². The molecule has 0 saturated carbocycles. The molecule has 2 nitrogen and oxygen atoms in total. The molecule has 0 aromatic heterocycles. The number of halogens is 1. The Labute approximate surface area is 139 Å². The van der Waals surface area contributed by atoms with Crippen molar-refractivity contribution in [3.05, 3.63) is 0 Å². The maximum Gasteiger partial charge on any atom is 0.313 e. The number of amides is 1. The van der Waals surface area contributed by atoms with Crippen molar-refractivity contribution in [1.29, 1.82) is 0 Å². The van der Waals surface area contributed by atoms with E-state index >= 15 is 0 Å². The van der Waals surface area contributed by atoms with Crippen LogP contribution in [0.1, 0.15) is 90.9 Å². The van der Waals surface area contributed by atoms with E-state index in [1.165, 1.54) is 64.2 Å². The maximum atomic E-state index is 11.9. The lowest BCUT2D eigenvalue weighted by atomic mass is 10.1. The van der Waals surface area contributed by atoms with Crippen molar-refractivity contribution in [1.82, 2.24) is 0 Å². The van der Waals surface area contributed by atoms with Crippen molar-refractivity contribution >= 4 is 5.91 Å². The summed E-state index contributed by atoms with van der Waals surface area (Å²) >= 11 is 0. The number of hydrogen-bond donors (Lipinski definition) is 0. The Morgan fingerprint density at radius 2 is 1.10 bits per heavy atom. The minimum absolute atomic E-state index is 0. The largest absolute Gasteiger partial charge is 1.00 e. The number of nitrogens with zero attached hydrogens (tertiary/aromatic N) is 1. The summed E-state index contributed by atoms with van der Waals surface area (Å²) in [7, 11) is 4.03. The molecule has 0 radical (unpaired) electrons. The Morgan fingerprint density at radius 1 is 0.714 bits per heavy atom. The van der Waals surface area contributed by atoms with Gasteiger partial charge in [0.25, 0.3) is 0 Å². The fraction of sp³-hybridized carbons (Fsp3) is 0.944. The van der Waals surface area contributed by atoms with Crippen molar-refractivity contribution in [2.24, 2.45) is 0 Å². The van der Waals surface area contributed by atoms with Gasteiger partial charge in [-0.05, 0) is 13.3 Å². The van der Waals surface area contributed by atoms with Crippen molar-refractivity contribution in [3.8, 4) is 0 Å². The van der Waals surface area contributed by atoms with Crippen LogP contribution in [0.3, 0.4) is 0 Å². The molecule has 0 N–H and O–H groups in total. The van der Waals surface area contributed by atoms with Gasteiger partial charge in [0, 0.05) is 0 Å². The second-order valence-electron chi connectivity index (χ2n) is 6.68. The van der Waals surface area contributed by atoms with E-state index in [2.05, 4.69) is 13.8 Å². The Kier molecular flexibility index (Phi) is 16.4. The SMILES string of the molecule is CCCCCCCCCCCCCC(=O)[N+](C)(C)CC.[Cl-]. The standard InChI is InChI=1S/C18H38NO.ClH/c1-5-7-8-9-10-11-12-13-14-15-16-17-18(20)19(3,4)6-2;/h5-17H2,1-4H3;1H/q+1;/p-1. The first-order chi connectivity index (χ1) is 9.54. The van der Waals surface area contributed by atoms with Crippen LogP contribution in [0.2, 0.25) is 0 Å². The molecule has 0 atom stereocenters. The van der Waals surface area contributed by atoms with Crippen LogP contribution in [0, 0.1) is 0 Å². The van der Waals surface area contributed by atoms with Gasteiger partial charge < -0.3 is 12.4 Å². The lowest BCUT2D eigenvalue weighted by Gasteiger charge is -2.24. The zero-order valence-electron chi connectivity index (χ0n) is 14.9. The molecule has 0 spiro atoms. The molecule has 0 heterocycles. The Hall–Kier alpha value is -0.0800. The highest BCUT2D eigenvalue weighted by Crippen LogP contribution is 2.13. The number of hydrogen-bond acceptors (Lipinski definition) is 1. The number of rotatable bonds is 13. The van der Waals surface area contributed by atoms with Gasteiger partial charge in [-0.15, -0.1) is 0 Å². The maximum absolute atomic E-state index is 11.9. The first-order valence-corrected chi connectivity index (χ1v) is 8.91. The highest BCUT2D eigenvalue weighted by molar-refractivity contribution is 5.68.